The van der Waals surface area contributed by atoms with Crippen molar-refractivity contribution >= 4 is 0 Å². The maximum absolute atomic E-state index is 11.3. The Morgan fingerprint density at radius 2 is 2.10 bits per heavy atom. The molecular formula is C17H22N2O2. The van der Waals surface area contributed by atoms with Gasteiger partial charge >= 0.3 is 0 Å². The van der Waals surface area contributed by atoms with Crippen LogP contribution in [0.2, 0.25) is 0 Å². The number of nitrogens with zero attached hydrogens (tertiary/aromatic N) is 2. The largest absolute Gasteiger partial charge is 0.493 e. The molecule has 4 heteroatoms. The molecule has 1 aromatic carbocycles. The zero-order valence-corrected chi connectivity index (χ0v) is 12.7. The summed E-state index contributed by atoms with van der Waals surface area (Å²) in [7, 11) is 1.64. The predicted molar refractivity (Wildman–Crippen MR) is 81.4 cm³/mol. The second-order valence-corrected chi connectivity index (χ2v) is 5.76. The zero-order valence-electron chi connectivity index (χ0n) is 12.7. The van der Waals surface area contributed by atoms with E-state index in [9.17, 15) is 5.11 Å². The Kier molecular flexibility index (Phi) is 3.72. The fourth-order valence-corrected chi connectivity index (χ4v) is 3.29. The first-order chi connectivity index (χ1) is 10.2. The molecule has 2 aromatic rings. The van der Waals surface area contributed by atoms with Crippen LogP contribution in [0.5, 0.6) is 5.75 Å². The quantitative estimate of drug-likeness (QED) is 0.940. The summed E-state index contributed by atoms with van der Waals surface area (Å²) in [5.74, 6) is 0.685. The van der Waals surface area contributed by atoms with Gasteiger partial charge in [-0.25, -0.2) is 0 Å². The van der Waals surface area contributed by atoms with E-state index in [-0.39, 0.29) is 0 Å². The van der Waals surface area contributed by atoms with Gasteiger partial charge in [0.05, 0.1) is 13.3 Å². The smallest absolute Gasteiger partial charge is 0.162 e. The summed E-state index contributed by atoms with van der Waals surface area (Å²) >= 11 is 0. The van der Waals surface area contributed by atoms with E-state index in [4.69, 9.17) is 4.74 Å². The number of aliphatic hydroxyl groups is 1. The standard InChI is InChI=1S/C17H22N2O2/c1-3-10-19-16(15(21-2)12-18-19)17(20)9-8-13-6-4-5-7-14(13)11-17/h4-7,12,20H,3,8-11H2,1-2H3. The topological polar surface area (TPSA) is 47.3 Å². The minimum atomic E-state index is -0.897. The SMILES string of the molecule is CCCn1ncc(OC)c1C1(O)CCc2ccccc2C1. The molecule has 0 radical (unpaired) electrons. The summed E-state index contributed by atoms with van der Waals surface area (Å²) in [6.07, 6.45) is 4.89. The van der Waals surface area contributed by atoms with Gasteiger partial charge in [0.25, 0.3) is 0 Å². The summed E-state index contributed by atoms with van der Waals surface area (Å²) in [6, 6.07) is 8.35. The lowest BCUT2D eigenvalue weighted by molar-refractivity contribution is 0.0111. The van der Waals surface area contributed by atoms with Crippen molar-refractivity contribution in [2.24, 2.45) is 0 Å². The average Bonchev–Trinajstić information content (AvgIpc) is 2.91. The van der Waals surface area contributed by atoms with Gasteiger partial charge in [-0.05, 0) is 30.4 Å². The second-order valence-electron chi connectivity index (χ2n) is 5.76. The number of benzene rings is 1. The van der Waals surface area contributed by atoms with Gasteiger partial charge in [0.15, 0.2) is 5.75 Å². The Balaban J connectivity index is 2.02. The highest BCUT2D eigenvalue weighted by Gasteiger charge is 2.39. The number of fused-ring (bicyclic) bond motifs is 1. The molecule has 21 heavy (non-hydrogen) atoms. The maximum atomic E-state index is 11.3. The van der Waals surface area contributed by atoms with Crippen molar-refractivity contribution in [3.8, 4) is 5.75 Å². The van der Waals surface area contributed by atoms with Crippen LogP contribution < -0.4 is 4.74 Å². The number of ether oxygens (including phenoxy) is 1. The van der Waals surface area contributed by atoms with E-state index in [2.05, 4.69) is 30.2 Å². The van der Waals surface area contributed by atoms with Gasteiger partial charge in [0, 0.05) is 13.0 Å². The first-order valence-electron chi connectivity index (χ1n) is 7.57. The van der Waals surface area contributed by atoms with Crippen molar-refractivity contribution in [2.45, 2.75) is 44.8 Å². The van der Waals surface area contributed by atoms with Gasteiger partial charge in [0.1, 0.15) is 11.3 Å². The van der Waals surface area contributed by atoms with Crippen molar-refractivity contribution < 1.29 is 9.84 Å². The number of hydrogen-bond donors (Lipinski definition) is 1. The molecule has 4 nitrogen and oxygen atoms in total. The average molecular weight is 286 g/mol. The Bertz CT molecular complexity index is 635. The molecule has 1 aliphatic rings. The van der Waals surface area contributed by atoms with E-state index in [1.807, 2.05) is 10.7 Å². The number of rotatable bonds is 4. The number of aromatic nitrogens is 2. The van der Waals surface area contributed by atoms with Crippen LogP contribution in [0.3, 0.4) is 0 Å². The third-order valence-electron chi connectivity index (χ3n) is 4.31. The lowest BCUT2D eigenvalue weighted by Crippen LogP contribution is -2.36. The first-order valence-corrected chi connectivity index (χ1v) is 7.57. The van der Waals surface area contributed by atoms with Crippen LogP contribution in [-0.2, 0) is 25.0 Å². The Labute approximate surface area is 125 Å². The van der Waals surface area contributed by atoms with Gasteiger partial charge in [-0.3, -0.25) is 4.68 Å². The summed E-state index contributed by atoms with van der Waals surface area (Å²) in [4.78, 5) is 0. The Morgan fingerprint density at radius 1 is 1.33 bits per heavy atom. The molecule has 0 saturated heterocycles. The van der Waals surface area contributed by atoms with E-state index in [0.717, 1.165) is 25.1 Å². The third kappa shape index (κ3) is 2.44. The molecule has 0 aliphatic heterocycles. The van der Waals surface area contributed by atoms with E-state index < -0.39 is 5.60 Å². The van der Waals surface area contributed by atoms with Crippen molar-refractivity contribution in [1.82, 2.24) is 9.78 Å². The number of methoxy groups -OCH3 is 1. The molecule has 3 rings (SSSR count). The first kappa shape index (κ1) is 14.1. The summed E-state index contributed by atoms with van der Waals surface area (Å²) in [5.41, 5.74) is 2.48. The number of hydrogen-bond acceptors (Lipinski definition) is 3. The Morgan fingerprint density at radius 3 is 2.81 bits per heavy atom. The van der Waals surface area contributed by atoms with Gasteiger partial charge in [-0.2, -0.15) is 5.10 Å². The van der Waals surface area contributed by atoms with E-state index >= 15 is 0 Å². The van der Waals surface area contributed by atoms with Crippen LogP contribution in [0, 0.1) is 0 Å². The summed E-state index contributed by atoms with van der Waals surface area (Å²) < 4.78 is 7.33. The van der Waals surface area contributed by atoms with Gasteiger partial charge < -0.3 is 9.84 Å². The fraction of sp³-hybridized carbons (Fsp3) is 0.471. The van der Waals surface area contributed by atoms with Crippen LogP contribution in [0.1, 0.15) is 36.6 Å². The van der Waals surface area contributed by atoms with Crippen molar-refractivity contribution in [3.05, 3.63) is 47.3 Å². The Hall–Kier alpha value is -1.81. The second kappa shape index (κ2) is 5.53. The van der Waals surface area contributed by atoms with Crippen molar-refractivity contribution in [2.75, 3.05) is 7.11 Å². The molecule has 1 heterocycles. The predicted octanol–water partition coefficient (Wildman–Crippen LogP) is 2.68. The third-order valence-corrected chi connectivity index (χ3v) is 4.31. The molecule has 1 N–H and O–H groups in total. The van der Waals surface area contributed by atoms with Crippen LogP contribution in [-0.4, -0.2) is 22.0 Å². The summed E-state index contributed by atoms with van der Waals surface area (Å²) in [6.45, 7) is 2.90. The molecular weight excluding hydrogens is 264 g/mol. The molecule has 1 atom stereocenters. The maximum Gasteiger partial charge on any atom is 0.162 e. The van der Waals surface area contributed by atoms with Crippen molar-refractivity contribution in [1.29, 1.82) is 0 Å². The molecule has 0 spiro atoms. The summed E-state index contributed by atoms with van der Waals surface area (Å²) in [5, 5.41) is 15.6. The van der Waals surface area contributed by atoms with E-state index in [0.29, 0.717) is 18.6 Å². The van der Waals surface area contributed by atoms with Crippen molar-refractivity contribution in [3.63, 3.8) is 0 Å². The molecule has 0 bridgehead atoms. The highest BCUT2D eigenvalue weighted by molar-refractivity contribution is 5.38. The fourth-order valence-electron chi connectivity index (χ4n) is 3.29. The normalized spacial score (nSPS) is 21.1. The van der Waals surface area contributed by atoms with Crippen LogP contribution in [0.25, 0.3) is 0 Å². The molecule has 0 fully saturated rings. The lowest BCUT2D eigenvalue weighted by Gasteiger charge is -2.34. The number of aryl methyl sites for hydroxylation is 2. The highest BCUT2D eigenvalue weighted by Crippen LogP contribution is 2.40. The van der Waals surface area contributed by atoms with E-state index in [1.54, 1.807) is 13.3 Å². The molecule has 0 saturated carbocycles. The highest BCUT2D eigenvalue weighted by atomic mass is 16.5. The van der Waals surface area contributed by atoms with Crippen LogP contribution >= 0.6 is 0 Å². The van der Waals surface area contributed by atoms with Crippen LogP contribution in [0.15, 0.2) is 30.5 Å². The molecule has 0 amide bonds. The van der Waals surface area contributed by atoms with Crippen LogP contribution in [0.4, 0.5) is 0 Å². The van der Waals surface area contributed by atoms with Gasteiger partial charge in [-0.1, -0.05) is 31.2 Å². The zero-order chi connectivity index (χ0) is 14.9. The van der Waals surface area contributed by atoms with E-state index in [1.165, 1.54) is 11.1 Å². The minimum Gasteiger partial charge on any atom is -0.493 e. The monoisotopic (exact) mass is 286 g/mol. The van der Waals surface area contributed by atoms with Gasteiger partial charge in [0.2, 0.25) is 0 Å². The van der Waals surface area contributed by atoms with Gasteiger partial charge in [-0.15, -0.1) is 0 Å². The molecule has 112 valence electrons. The molecule has 1 aromatic heterocycles. The minimum absolute atomic E-state index is 0.620. The molecule has 1 unspecified atom stereocenters. The lowest BCUT2D eigenvalue weighted by atomic mass is 9.78. The molecule has 1 aliphatic carbocycles.